The first-order valence-electron chi connectivity index (χ1n) is 12.1. The van der Waals surface area contributed by atoms with Crippen LogP contribution in [-0.2, 0) is 30.5 Å². The topological polar surface area (TPSA) is 195 Å². The van der Waals surface area contributed by atoms with Crippen LogP contribution in [0.4, 0.5) is 0 Å². The highest BCUT2D eigenvalue weighted by Crippen LogP contribution is 2.08. The smallest absolute Gasteiger partial charge is 0.305 e. The number of carbonyl (C=O) groups excluding carboxylic acids is 5. The summed E-state index contributed by atoms with van der Waals surface area (Å²) in [6.07, 6.45) is 0.398. The van der Waals surface area contributed by atoms with Crippen LogP contribution in [0.25, 0.3) is 0 Å². The molecule has 2 bridgehead atoms. The molecule has 1 heterocycles. The monoisotopic (exact) mass is 518 g/mol. The van der Waals surface area contributed by atoms with E-state index in [1.165, 1.54) is 6.07 Å². The van der Waals surface area contributed by atoms with E-state index in [4.69, 9.17) is 5.11 Å². The van der Waals surface area contributed by atoms with Gasteiger partial charge in [0.15, 0.2) is 0 Å². The van der Waals surface area contributed by atoms with E-state index in [0.717, 1.165) is 0 Å². The molecule has 0 saturated heterocycles. The highest BCUT2D eigenvalue weighted by Gasteiger charge is 2.28. The maximum absolute atomic E-state index is 12.9. The van der Waals surface area contributed by atoms with Crippen molar-refractivity contribution in [1.29, 1.82) is 0 Å². The molecule has 0 saturated carbocycles. The van der Waals surface area contributed by atoms with E-state index in [1.54, 1.807) is 32.2 Å². The summed E-state index contributed by atoms with van der Waals surface area (Å²) in [6, 6.07) is 3.06. The van der Waals surface area contributed by atoms with Crippen LogP contribution in [0.3, 0.4) is 0 Å². The molecule has 5 amide bonds. The molecule has 3 unspecified atom stereocenters. The van der Waals surface area contributed by atoms with Gasteiger partial charge in [-0.3, -0.25) is 28.8 Å². The molecular formula is C24H34N6O7. The Balaban J connectivity index is 2.34. The average molecular weight is 519 g/mol. The summed E-state index contributed by atoms with van der Waals surface area (Å²) in [5, 5.41) is 24.7. The zero-order chi connectivity index (χ0) is 27.4. The zero-order valence-electron chi connectivity index (χ0n) is 20.9. The summed E-state index contributed by atoms with van der Waals surface area (Å²) in [7, 11) is 1.74. The van der Waals surface area contributed by atoms with Crippen LogP contribution < -0.4 is 31.9 Å². The van der Waals surface area contributed by atoms with E-state index >= 15 is 0 Å². The van der Waals surface area contributed by atoms with Crippen LogP contribution in [0.1, 0.15) is 48.5 Å². The highest BCUT2D eigenvalue weighted by atomic mass is 16.4. The van der Waals surface area contributed by atoms with Gasteiger partial charge in [0.2, 0.25) is 23.6 Å². The quantitative estimate of drug-likeness (QED) is 0.209. The molecule has 0 fully saturated rings. The molecule has 0 spiro atoms. The summed E-state index contributed by atoms with van der Waals surface area (Å²) in [4.78, 5) is 74.9. The largest absolute Gasteiger partial charge is 0.481 e. The minimum Gasteiger partial charge on any atom is -0.481 e. The molecular weight excluding hydrogens is 484 g/mol. The number of hydrogen-bond acceptors (Lipinski definition) is 7. The number of rotatable bonds is 7. The van der Waals surface area contributed by atoms with Crippen LogP contribution >= 0.6 is 0 Å². The molecule has 13 nitrogen and oxygen atoms in total. The normalized spacial score (nSPS) is 21.9. The minimum absolute atomic E-state index is 0.0331. The second kappa shape index (κ2) is 14.5. The van der Waals surface area contributed by atoms with Crippen molar-refractivity contribution >= 4 is 35.5 Å². The summed E-state index contributed by atoms with van der Waals surface area (Å²) in [5.74, 6) is -4.49. The molecule has 7 N–H and O–H groups in total. The second-order valence-electron chi connectivity index (χ2n) is 8.60. The number of carboxylic acids is 1. The van der Waals surface area contributed by atoms with Crippen molar-refractivity contribution in [3.05, 3.63) is 35.4 Å². The molecule has 1 aliphatic rings. The van der Waals surface area contributed by atoms with Crippen molar-refractivity contribution < 1.29 is 33.9 Å². The Morgan fingerprint density at radius 3 is 2.32 bits per heavy atom. The lowest BCUT2D eigenvalue weighted by atomic mass is 10.1. The van der Waals surface area contributed by atoms with Crippen molar-refractivity contribution in [2.24, 2.45) is 0 Å². The predicted molar refractivity (Wildman–Crippen MR) is 132 cm³/mol. The lowest BCUT2D eigenvalue weighted by Gasteiger charge is -2.23. The number of fused-ring (bicyclic) bond motifs is 2. The van der Waals surface area contributed by atoms with Gasteiger partial charge in [0.05, 0.1) is 13.0 Å². The van der Waals surface area contributed by atoms with Crippen LogP contribution in [0, 0.1) is 0 Å². The molecule has 2 rings (SSSR count). The number of carbonyl (C=O) groups is 6. The summed E-state index contributed by atoms with van der Waals surface area (Å²) < 4.78 is 0. The molecule has 13 heteroatoms. The Hall–Kier alpha value is -4.00. The Bertz CT molecular complexity index is 1020. The summed E-state index contributed by atoms with van der Waals surface area (Å²) in [6.45, 7) is 1.73. The van der Waals surface area contributed by atoms with E-state index in [1.807, 2.05) is 0 Å². The summed E-state index contributed by atoms with van der Waals surface area (Å²) in [5.41, 5.74) is 0.801. The molecule has 0 radical (unpaired) electrons. The van der Waals surface area contributed by atoms with E-state index in [9.17, 15) is 28.8 Å². The Labute approximate surface area is 214 Å². The van der Waals surface area contributed by atoms with Crippen LogP contribution in [-0.4, -0.2) is 78.9 Å². The van der Waals surface area contributed by atoms with E-state index in [-0.39, 0.29) is 24.9 Å². The van der Waals surface area contributed by atoms with Gasteiger partial charge in [-0.25, -0.2) is 0 Å². The number of nitrogens with one attached hydrogen (secondary N) is 6. The van der Waals surface area contributed by atoms with Gasteiger partial charge in [0.25, 0.3) is 5.91 Å². The first kappa shape index (κ1) is 29.2. The molecule has 0 aliphatic carbocycles. The molecule has 1 aliphatic heterocycles. The van der Waals surface area contributed by atoms with E-state index in [2.05, 4.69) is 31.9 Å². The first-order valence-corrected chi connectivity index (χ1v) is 12.1. The van der Waals surface area contributed by atoms with Gasteiger partial charge in [-0.15, -0.1) is 0 Å². The molecule has 1 aromatic carbocycles. The van der Waals surface area contributed by atoms with E-state index < -0.39 is 66.6 Å². The Morgan fingerprint density at radius 2 is 1.65 bits per heavy atom. The molecule has 0 aromatic heterocycles. The fraction of sp³-hybridized carbons (Fsp3) is 0.500. The van der Waals surface area contributed by atoms with Crippen molar-refractivity contribution in [1.82, 2.24) is 31.9 Å². The molecule has 37 heavy (non-hydrogen) atoms. The van der Waals surface area contributed by atoms with Gasteiger partial charge in [0.1, 0.15) is 18.1 Å². The predicted octanol–water partition coefficient (Wildman–Crippen LogP) is -1.62. The third kappa shape index (κ3) is 9.52. The van der Waals surface area contributed by atoms with Crippen LogP contribution in [0.15, 0.2) is 24.3 Å². The second-order valence-corrected chi connectivity index (χ2v) is 8.60. The highest BCUT2D eigenvalue weighted by molar-refractivity contribution is 5.99. The lowest BCUT2D eigenvalue weighted by molar-refractivity contribution is -0.140. The lowest BCUT2D eigenvalue weighted by Crippen LogP contribution is -2.55. The maximum atomic E-state index is 12.9. The van der Waals surface area contributed by atoms with Crippen molar-refractivity contribution in [3.8, 4) is 0 Å². The SMILES string of the molecule is CCC1NC(=O)c2cccc(c2)CNC(=O)C(CC(=O)O)NC(=O)CNC(=O)C(CCCNC)NC1=O. The average Bonchev–Trinajstić information content (AvgIpc) is 2.87. The van der Waals surface area contributed by atoms with Gasteiger partial charge in [0, 0.05) is 12.1 Å². The molecule has 202 valence electrons. The molecule has 1 aromatic rings. The van der Waals surface area contributed by atoms with Crippen molar-refractivity contribution in [2.75, 3.05) is 20.1 Å². The summed E-state index contributed by atoms with van der Waals surface area (Å²) >= 11 is 0. The fourth-order valence-corrected chi connectivity index (χ4v) is 3.67. The standard InChI is InChI=1S/C24H34N6O7/c1-3-16-24(37)30-17(8-5-9-25-2)22(35)27-13-19(31)28-18(11-20(32)33)23(36)26-12-14-6-4-7-15(10-14)21(34)29-16/h4,6-7,10,16-18,25H,3,5,8-9,11-13H2,1-2H3,(H,26,36)(H,27,35)(H,28,31)(H,29,34)(H,30,37)(H,32,33). The maximum Gasteiger partial charge on any atom is 0.305 e. The van der Waals surface area contributed by atoms with Crippen molar-refractivity contribution in [3.63, 3.8) is 0 Å². The Kier molecular flexibility index (Phi) is 11.5. The van der Waals surface area contributed by atoms with Gasteiger partial charge in [-0.1, -0.05) is 19.1 Å². The zero-order valence-corrected chi connectivity index (χ0v) is 20.9. The third-order valence-electron chi connectivity index (χ3n) is 5.69. The number of carboxylic acid groups (broad SMARTS) is 1. The van der Waals surface area contributed by atoms with Gasteiger partial charge < -0.3 is 37.0 Å². The molecule has 3 atom stereocenters. The number of aliphatic carboxylic acids is 1. The number of benzene rings is 1. The van der Waals surface area contributed by atoms with Gasteiger partial charge in [-0.05, 0) is 50.6 Å². The van der Waals surface area contributed by atoms with Crippen molar-refractivity contribution in [2.45, 2.75) is 57.3 Å². The first-order chi connectivity index (χ1) is 17.6. The van der Waals surface area contributed by atoms with E-state index in [0.29, 0.717) is 18.5 Å². The van der Waals surface area contributed by atoms with Crippen LogP contribution in [0.5, 0.6) is 0 Å². The van der Waals surface area contributed by atoms with Gasteiger partial charge in [-0.2, -0.15) is 0 Å². The number of hydrogen-bond donors (Lipinski definition) is 7. The Morgan fingerprint density at radius 1 is 0.946 bits per heavy atom. The fourth-order valence-electron chi connectivity index (χ4n) is 3.67. The van der Waals surface area contributed by atoms with Crippen LogP contribution in [0.2, 0.25) is 0 Å². The third-order valence-corrected chi connectivity index (χ3v) is 5.69. The van der Waals surface area contributed by atoms with Gasteiger partial charge >= 0.3 is 5.97 Å². The number of amides is 5. The minimum atomic E-state index is -1.39.